The number of oxazole rings is 1. The lowest BCUT2D eigenvalue weighted by molar-refractivity contribution is -0.129. The Kier molecular flexibility index (Phi) is 6.67. The number of rotatable bonds is 9. The number of carbonyl (C=O) groups excluding carboxylic acids is 2. The van der Waals surface area contributed by atoms with E-state index in [1.54, 1.807) is 18.3 Å². The second-order valence-corrected chi connectivity index (χ2v) is 8.15. The zero-order valence-electron chi connectivity index (χ0n) is 17.0. The average Bonchev–Trinajstić information content (AvgIpc) is 3.46. The Morgan fingerprint density at radius 2 is 1.84 bits per heavy atom. The Bertz CT molecular complexity index is 1030. The van der Waals surface area contributed by atoms with E-state index < -0.39 is 6.04 Å². The predicted octanol–water partition coefficient (Wildman–Crippen LogP) is 3.93. The van der Waals surface area contributed by atoms with E-state index in [9.17, 15) is 9.59 Å². The molecule has 2 N–H and O–H groups in total. The first kappa shape index (κ1) is 21.1. The van der Waals surface area contributed by atoms with E-state index in [1.807, 2.05) is 42.5 Å². The van der Waals surface area contributed by atoms with Crippen molar-refractivity contribution in [2.24, 2.45) is 0 Å². The van der Waals surface area contributed by atoms with Gasteiger partial charge in [-0.15, -0.1) is 0 Å². The van der Waals surface area contributed by atoms with Gasteiger partial charge in [-0.25, -0.2) is 4.98 Å². The molecule has 3 aromatic rings. The summed E-state index contributed by atoms with van der Waals surface area (Å²) in [4.78, 5) is 29.4. The van der Waals surface area contributed by atoms with Gasteiger partial charge < -0.3 is 15.1 Å². The summed E-state index contributed by atoms with van der Waals surface area (Å²) >= 11 is 5.92. The molecule has 0 bridgehead atoms. The molecule has 0 radical (unpaired) electrons. The number of benzene rings is 2. The number of carbonyl (C=O) groups is 2. The lowest BCUT2D eigenvalue weighted by Crippen LogP contribution is -2.48. The fourth-order valence-corrected chi connectivity index (χ4v) is 3.37. The molecule has 0 spiro atoms. The Morgan fingerprint density at radius 3 is 2.55 bits per heavy atom. The third-order valence-electron chi connectivity index (χ3n) is 5.11. The summed E-state index contributed by atoms with van der Waals surface area (Å²) in [6.45, 7) is 0. The molecule has 1 aromatic heterocycles. The lowest BCUT2D eigenvalue weighted by atomic mass is 10.0. The largest absolute Gasteiger partial charge is 0.441 e. The van der Waals surface area contributed by atoms with Crippen LogP contribution in [0.1, 0.15) is 30.7 Å². The number of hydrogen-bond donors (Lipinski definition) is 2. The highest BCUT2D eigenvalue weighted by atomic mass is 35.5. The van der Waals surface area contributed by atoms with Gasteiger partial charge in [0.2, 0.25) is 11.8 Å². The second kappa shape index (κ2) is 9.79. The maximum absolute atomic E-state index is 12.6. The molecule has 7 heteroatoms. The third-order valence-corrected chi connectivity index (χ3v) is 5.36. The molecule has 1 heterocycles. The van der Waals surface area contributed by atoms with Gasteiger partial charge >= 0.3 is 0 Å². The molecular weight excluding hydrogens is 414 g/mol. The fourth-order valence-electron chi connectivity index (χ4n) is 3.25. The smallest absolute Gasteiger partial charge is 0.243 e. The maximum atomic E-state index is 12.6. The van der Waals surface area contributed by atoms with E-state index in [1.165, 1.54) is 0 Å². The van der Waals surface area contributed by atoms with Gasteiger partial charge in [0.05, 0.1) is 6.20 Å². The number of hydrogen-bond acceptors (Lipinski definition) is 4. The Labute approximate surface area is 186 Å². The summed E-state index contributed by atoms with van der Waals surface area (Å²) < 4.78 is 5.76. The normalized spacial score (nSPS) is 14.1. The molecule has 6 nitrogen and oxygen atoms in total. The summed E-state index contributed by atoms with van der Waals surface area (Å²) in [5.41, 5.74) is 1.87. The van der Waals surface area contributed by atoms with Crippen LogP contribution in [0.5, 0.6) is 0 Å². The Morgan fingerprint density at radius 1 is 1.10 bits per heavy atom. The van der Waals surface area contributed by atoms with Gasteiger partial charge in [-0.05, 0) is 42.7 Å². The van der Waals surface area contributed by atoms with E-state index in [-0.39, 0.29) is 24.3 Å². The van der Waals surface area contributed by atoms with E-state index in [2.05, 4.69) is 15.6 Å². The number of aromatic nitrogens is 1. The monoisotopic (exact) mass is 437 g/mol. The first-order valence-electron chi connectivity index (χ1n) is 10.4. The second-order valence-electron chi connectivity index (χ2n) is 7.72. The molecule has 1 aliphatic carbocycles. The zero-order chi connectivity index (χ0) is 21.6. The van der Waals surface area contributed by atoms with Crippen LogP contribution in [0.2, 0.25) is 5.02 Å². The van der Waals surface area contributed by atoms with Crippen molar-refractivity contribution in [3.8, 4) is 11.3 Å². The van der Waals surface area contributed by atoms with Crippen LogP contribution < -0.4 is 10.6 Å². The quantitative estimate of drug-likeness (QED) is 0.531. The minimum absolute atomic E-state index is 0.138. The first-order chi connectivity index (χ1) is 15.1. The molecule has 0 saturated heterocycles. The van der Waals surface area contributed by atoms with Crippen molar-refractivity contribution >= 4 is 23.4 Å². The van der Waals surface area contributed by atoms with Crippen molar-refractivity contribution < 1.29 is 14.0 Å². The van der Waals surface area contributed by atoms with Gasteiger partial charge in [-0.2, -0.15) is 0 Å². The van der Waals surface area contributed by atoms with Gasteiger partial charge in [-0.3, -0.25) is 9.59 Å². The van der Waals surface area contributed by atoms with Crippen molar-refractivity contribution in [3.05, 3.63) is 77.3 Å². The van der Waals surface area contributed by atoms with Crippen LogP contribution in [0.15, 0.2) is 65.2 Å². The molecule has 1 saturated carbocycles. The van der Waals surface area contributed by atoms with Crippen LogP contribution in [0.4, 0.5) is 0 Å². The molecule has 1 unspecified atom stereocenters. The van der Waals surface area contributed by atoms with Gasteiger partial charge in [0, 0.05) is 35.9 Å². The maximum Gasteiger partial charge on any atom is 0.243 e. The third kappa shape index (κ3) is 6.18. The molecule has 1 aliphatic rings. The summed E-state index contributed by atoms with van der Waals surface area (Å²) in [5.74, 6) is 0.749. The molecule has 0 aliphatic heterocycles. The van der Waals surface area contributed by atoms with Crippen molar-refractivity contribution in [1.82, 2.24) is 15.6 Å². The number of nitrogens with one attached hydrogen (secondary N) is 2. The van der Waals surface area contributed by atoms with Crippen LogP contribution in [-0.2, 0) is 22.4 Å². The average molecular weight is 438 g/mol. The number of nitrogens with zero attached hydrogens (tertiary/aromatic N) is 1. The van der Waals surface area contributed by atoms with Gasteiger partial charge in [0.15, 0.2) is 11.7 Å². The van der Waals surface area contributed by atoms with Crippen LogP contribution in [0.25, 0.3) is 11.3 Å². The molecule has 1 atom stereocenters. The molecule has 4 rings (SSSR count). The molecule has 160 valence electrons. The van der Waals surface area contributed by atoms with Crippen LogP contribution in [0, 0.1) is 0 Å². The van der Waals surface area contributed by atoms with E-state index >= 15 is 0 Å². The molecular formula is C24H24ClN3O3. The predicted molar refractivity (Wildman–Crippen MR) is 119 cm³/mol. The first-order valence-corrected chi connectivity index (χ1v) is 10.8. The SMILES string of the molecule is O=C(CCc1ncc(-c2ccc(Cl)cc2)o1)NC(Cc1ccccc1)C(=O)NC1CC1. The van der Waals surface area contributed by atoms with Crippen LogP contribution >= 0.6 is 11.6 Å². The number of amides is 2. The van der Waals surface area contributed by atoms with Crippen LogP contribution in [0.3, 0.4) is 0 Å². The summed E-state index contributed by atoms with van der Waals surface area (Å²) in [7, 11) is 0. The van der Waals surface area contributed by atoms with Crippen molar-refractivity contribution in [2.75, 3.05) is 0 Å². The Balaban J connectivity index is 1.34. The van der Waals surface area contributed by atoms with E-state index in [0.29, 0.717) is 29.5 Å². The molecule has 2 amide bonds. The van der Waals surface area contributed by atoms with Crippen molar-refractivity contribution in [1.29, 1.82) is 0 Å². The number of aryl methyl sites for hydroxylation is 1. The summed E-state index contributed by atoms with van der Waals surface area (Å²) in [6.07, 6.45) is 4.61. The van der Waals surface area contributed by atoms with Gasteiger partial charge in [0.25, 0.3) is 0 Å². The summed E-state index contributed by atoms with van der Waals surface area (Å²) in [6, 6.07) is 16.6. The molecule has 31 heavy (non-hydrogen) atoms. The highest BCUT2D eigenvalue weighted by molar-refractivity contribution is 6.30. The Hall–Kier alpha value is -3.12. The zero-order valence-corrected chi connectivity index (χ0v) is 17.8. The topological polar surface area (TPSA) is 84.2 Å². The standard InChI is InChI=1S/C24H24ClN3O3/c25-18-8-6-17(7-9-18)21-15-26-23(31-21)13-12-22(29)28-20(24(30)27-19-10-11-19)14-16-4-2-1-3-5-16/h1-9,15,19-20H,10-14H2,(H,27,30)(H,28,29). The highest BCUT2D eigenvalue weighted by Crippen LogP contribution is 2.23. The minimum Gasteiger partial charge on any atom is -0.441 e. The van der Waals surface area contributed by atoms with Crippen molar-refractivity contribution in [3.63, 3.8) is 0 Å². The van der Waals surface area contributed by atoms with E-state index in [0.717, 1.165) is 24.0 Å². The molecule has 2 aromatic carbocycles. The molecule has 1 fully saturated rings. The van der Waals surface area contributed by atoms with Gasteiger partial charge in [-0.1, -0.05) is 41.9 Å². The summed E-state index contributed by atoms with van der Waals surface area (Å²) in [5, 5.41) is 6.51. The fraction of sp³-hybridized carbons (Fsp3) is 0.292. The van der Waals surface area contributed by atoms with Gasteiger partial charge in [0.1, 0.15) is 6.04 Å². The number of halogens is 1. The highest BCUT2D eigenvalue weighted by Gasteiger charge is 2.28. The van der Waals surface area contributed by atoms with Crippen molar-refractivity contribution in [2.45, 2.75) is 44.2 Å². The minimum atomic E-state index is -0.607. The van der Waals surface area contributed by atoms with E-state index in [4.69, 9.17) is 16.0 Å². The van der Waals surface area contributed by atoms with Crippen LogP contribution in [-0.4, -0.2) is 28.9 Å². The lowest BCUT2D eigenvalue weighted by Gasteiger charge is -2.18.